The highest BCUT2D eigenvalue weighted by Crippen LogP contribution is 2.39. The molecule has 0 radical (unpaired) electrons. The highest BCUT2D eigenvalue weighted by atomic mass is 16.5. The van der Waals surface area contributed by atoms with Gasteiger partial charge in [-0.15, -0.1) is 0 Å². The largest absolute Gasteiger partial charge is 0.491 e. The van der Waals surface area contributed by atoms with E-state index >= 15 is 0 Å². The number of piperidine rings is 1. The van der Waals surface area contributed by atoms with Gasteiger partial charge >= 0.3 is 0 Å². The normalized spacial score (nSPS) is 19.3. The Morgan fingerprint density at radius 2 is 1.78 bits per heavy atom. The number of rotatable bonds is 3. The minimum absolute atomic E-state index is 0.260. The van der Waals surface area contributed by atoms with Crippen LogP contribution in [0.1, 0.15) is 49.1 Å². The maximum atomic E-state index is 13.7. The fraction of sp³-hybridized carbons (Fsp3) is 0.467. The third kappa shape index (κ3) is 5.34. The van der Waals surface area contributed by atoms with Crippen molar-refractivity contribution in [1.29, 1.82) is 0 Å². The Labute approximate surface area is 214 Å². The minimum Gasteiger partial charge on any atom is -0.491 e. The van der Waals surface area contributed by atoms with Crippen LogP contribution in [0.25, 0.3) is 5.82 Å². The Balaban J connectivity index is 1.26. The number of hydrogen-bond donors (Lipinski definition) is 0. The SMILES string of the molecule is Cc1cccc(-n2cccc2CN2CCC3(CCCCc4ccccc4OCCN(C)C3=O)CC2)n1. The molecular formula is C30H38N4O2. The number of likely N-dealkylation sites (tertiary alicyclic amines) is 1. The standard InChI is InChI=1S/C30H38N4O2/c1-24-9-7-14-28(31-24)34-18-8-12-26(34)23-33-19-16-30(17-20-33)15-6-5-11-25-10-3-4-13-27(25)36-22-21-32(2)29(30)35/h3-4,7-10,12-14,18H,5-6,11,15-17,19-23H2,1-2H3. The molecule has 6 heteroatoms. The number of carbonyl (C=O) groups is 1. The molecule has 1 amide bonds. The molecule has 1 spiro atoms. The topological polar surface area (TPSA) is 50.6 Å². The molecule has 2 aliphatic heterocycles. The minimum atomic E-state index is -0.260. The summed E-state index contributed by atoms with van der Waals surface area (Å²) in [5.74, 6) is 2.22. The smallest absolute Gasteiger partial charge is 0.228 e. The van der Waals surface area contributed by atoms with Crippen LogP contribution in [-0.4, -0.2) is 58.5 Å². The van der Waals surface area contributed by atoms with Gasteiger partial charge in [0.25, 0.3) is 0 Å². The molecule has 0 atom stereocenters. The number of carbonyl (C=O) groups excluding carboxylic acids is 1. The Morgan fingerprint density at radius 3 is 2.61 bits per heavy atom. The number of ether oxygens (including phenoxy) is 1. The van der Waals surface area contributed by atoms with Gasteiger partial charge in [0.2, 0.25) is 5.91 Å². The zero-order valence-electron chi connectivity index (χ0n) is 21.7. The molecular weight excluding hydrogens is 448 g/mol. The van der Waals surface area contributed by atoms with Crippen LogP contribution < -0.4 is 4.74 Å². The number of likely N-dealkylation sites (N-methyl/N-ethyl adjacent to an activating group) is 1. The molecule has 1 fully saturated rings. The number of para-hydroxylation sites is 1. The van der Waals surface area contributed by atoms with Crippen LogP contribution in [0.15, 0.2) is 60.8 Å². The van der Waals surface area contributed by atoms with Crippen molar-refractivity contribution in [1.82, 2.24) is 19.4 Å². The van der Waals surface area contributed by atoms with Crippen LogP contribution in [0.2, 0.25) is 0 Å². The fourth-order valence-electron chi connectivity index (χ4n) is 5.80. The summed E-state index contributed by atoms with van der Waals surface area (Å²) in [7, 11) is 1.94. The molecule has 1 aromatic carbocycles. The summed E-state index contributed by atoms with van der Waals surface area (Å²) in [4.78, 5) is 22.8. The van der Waals surface area contributed by atoms with Gasteiger partial charge in [0.15, 0.2) is 0 Å². The first-order valence-electron chi connectivity index (χ1n) is 13.3. The molecule has 2 aromatic heterocycles. The molecule has 3 aromatic rings. The zero-order valence-corrected chi connectivity index (χ0v) is 21.7. The van der Waals surface area contributed by atoms with Crippen molar-refractivity contribution in [3.05, 3.63) is 77.7 Å². The molecule has 0 N–H and O–H groups in total. The number of nitrogens with zero attached hydrogens (tertiary/aromatic N) is 4. The number of pyridine rings is 1. The first-order chi connectivity index (χ1) is 17.5. The summed E-state index contributed by atoms with van der Waals surface area (Å²) in [5, 5.41) is 0. The van der Waals surface area contributed by atoms with E-state index in [2.05, 4.69) is 52.1 Å². The highest BCUT2D eigenvalue weighted by molar-refractivity contribution is 5.82. The summed E-state index contributed by atoms with van der Waals surface area (Å²) in [6, 6.07) is 18.8. The predicted octanol–water partition coefficient (Wildman–Crippen LogP) is 5.03. The average molecular weight is 487 g/mol. The van der Waals surface area contributed by atoms with Crippen LogP contribution in [0.5, 0.6) is 5.75 Å². The number of aromatic nitrogens is 2. The van der Waals surface area contributed by atoms with Crippen LogP contribution in [-0.2, 0) is 17.8 Å². The number of amides is 1. The van der Waals surface area contributed by atoms with Gasteiger partial charge in [-0.1, -0.05) is 30.7 Å². The van der Waals surface area contributed by atoms with E-state index in [1.165, 1.54) is 11.3 Å². The molecule has 0 saturated carbocycles. The first kappa shape index (κ1) is 24.6. The fourth-order valence-corrected chi connectivity index (χ4v) is 5.80. The van der Waals surface area contributed by atoms with Gasteiger partial charge in [-0.05, 0) is 88.0 Å². The van der Waals surface area contributed by atoms with E-state index < -0.39 is 0 Å². The summed E-state index contributed by atoms with van der Waals surface area (Å²) in [6.07, 6.45) is 8.04. The van der Waals surface area contributed by atoms with E-state index in [9.17, 15) is 4.79 Å². The maximum Gasteiger partial charge on any atom is 0.228 e. The van der Waals surface area contributed by atoms with E-state index in [1.807, 2.05) is 37.1 Å². The lowest BCUT2D eigenvalue weighted by molar-refractivity contribution is -0.145. The number of aryl methyl sites for hydroxylation is 2. The van der Waals surface area contributed by atoms with E-state index in [4.69, 9.17) is 9.72 Å². The van der Waals surface area contributed by atoms with Crippen LogP contribution in [0.3, 0.4) is 0 Å². The number of fused-ring (bicyclic) bond motifs is 1. The molecule has 0 bridgehead atoms. The van der Waals surface area contributed by atoms with Gasteiger partial charge in [-0.3, -0.25) is 9.69 Å². The molecule has 2 aliphatic rings. The Bertz CT molecular complexity index is 1180. The summed E-state index contributed by atoms with van der Waals surface area (Å²) in [6.45, 7) is 5.92. The lowest BCUT2D eigenvalue weighted by Gasteiger charge is -2.43. The van der Waals surface area contributed by atoms with Crippen molar-refractivity contribution in [3.8, 4) is 11.6 Å². The second-order valence-corrected chi connectivity index (χ2v) is 10.5. The van der Waals surface area contributed by atoms with E-state index in [0.717, 1.165) is 75.4 Å². The van der Waals surface area contributed by atoms with Gasteiger partial charge in [-0.2, -0.15) is 0 Å². The third-order valence-electron chi connectivity index (χ3n) is 7.96. The van der Waals surface area contributed by atoms with Gasteiger partial charge in [0.05, 0.1) is 12.0 Å². The first-order valence-corrected chi connectivity index (χ1v) is 13.3. The Hall–Kier alpha value is -3.12. The molecule has 6 nitrogen and oxygen atoms in total. The van der Waals surface area contributed by atoms with Crippen molar-refractivity contribution in [2.24, 2.45) is 5.41 Å². The molecule has 0 unspecified atom stereocenters. The van der Waals surface area contributed by atoms with E-state index in [0.29, 0.717) is 19.1 Å². The highest BCUT2D eigenvalue weighted by Gasteiger charge is 2.42. The maximum absolute atomic E-state index is 13.7. The Kier molecular flexibility index (Phi) is 7.42. The second kappa shape index (κ2) is 10.9. The van der Waals surface area contributed by atoms with E-state index in [-0.39, 0.29) is 5.41 Å². The van der Waals surface area contributed by atoms with E-state index in [1.54, 1.807) is 0 Å². The lowest BCUT2D eigenvalue weighted by Crippen LogP contribution is -2.50. The predicted molar refractivity (Wildman–Crippen MR) is 142 cm³/mol. The molecule has 1 saturated heterocycles. The molecule has 36 heavy (non-hydrogen) atoms. The monoisotopic (exact) mass is 486 g/mol. The lowest BCUT2D eigenvalue weighted by atomic mass is 9.73. The number of benzene rings is 1. The van der Waals surface area contributed by atoms with Crippen molar-refractivity contribution >= 4 is 5.91 Å². The Morgan fingerprint density at radius 1 is 0.944 bits per heavy atom. The molecule has 190 valence electrons. The molecule has 0 aliphatic carbocycles. The van der Waals surface area contributed by atoms with Gasteiger partial charge < -0.3 is 14.2 Å². The van der Waals surface area contributed by atoms with Crippen molar-refractivity contribution in [2.75, 3.05) is 33.3 Å². The molecule has 4 heterocycles. The third-order valence-corrected chi connectivity index (χ3v) is 7.96. The zero-order chi connectivity index (χ0) is 25.0. The van der Waals surface area contributed by atoms with Gasteiger partial charge in [0.1, 0.15) is 18.2 Å². The molecule has 5 rings (SSSR count). The van der Waals surface area contributed by atoms with Crippen molar-refractivity contribution in [3.63, 3.8) is 0 Å². The summed E-state index contributed by atoms with van der Waals surface area (Å²) >= 11 is 0. The van der Waals surface area contributed by atoms with Crippen LogP contribution in [0.4, 0.5) is 0 Å². The quantitative estimate of drug-likeness (QED) is 0.521. The second-order valence-electron chi connectivity index (χ2n) is 10.5. The van der Waals surface area contributed by atoms with Gasteiger partial charge in [-0.25, -0.2) is 4.98 Å². The van der Waals surface area contributed by atoms with Crippen molar-refractivity contribution < 1.29 is 9.53 Å². The van der Waals surface area contributed by atoms with Crippen molar-refractivity contribution in [2.45, 2.75) is 52.0 Å². The van der Waals surface area contributed by atoms with Crippen LogP contribution in [0, 0.1) is 12.3 Å². The average Bonchev–Trinajstić information content (AvgIpc) is 3.35. The van der Waals surface area contributed by atoms with Gasteiger partial charge in [0, 0.05) is 31.2 Å². The van der Waals surface area contributed by atoms with Crippen LogP contribution >= 0.6 is 0 Å². The number of hydrogen-bond acceptors (Lipinski definition) is 4. The summed E-state index contributed by atoms with van der Waals surface area (Å²) in [5.41, 5.74) is 3.28. The summed E-state index contributed by atoms with van der Waals surface area (Å²) < 4.78 is 8.26.